The maximum atomic E-state index is 11.6. The van der Waals surface area contributed by atoms with Gasteiger partial charge < -0.3 is 10.1 Å². The van der Waals surface area contributed by atoms with Gasteiger partial charge in [0.2, 0.25) is 0 Å². The first-order valence-electron chi connectivity index (χ1n) is 8.24. The van der Waals surface area contributed by atoms with Crippen molar-refractivity contribution >= 4 is 22.4 Å². The molecule has 23 heavy (non-hydrogen) atoms. The summed E-state index contributed by atoms with van der Waals surface area (Å²) < 4.78 is 5.46. The SMILES string of the molecule is C=C(C)C(=O)OC1CCC(Nc2cccc3ccccc23)CC1. The third-order valence-electron chi connectivity index (χ3n) is 4.45. The van der Waals surface area contributed by atoms with Crippen molar-refractivity contribution in [3.63, 3.8) is 0 Å². The fourth-order valence-electron chi connectivity index (χ4n) is 3.15. The average Bonchev–Trinajstić information content (AvgIpc) is 2.57. The molecule has 1 saturated carbocycles. The third-order valence-corrected chi connectivity index (χ3v) is 4.45. The summed E-state index contributed by atoms with van der Waals surface area (Å²) >= 11 is 0. The van der Waals surface area contributed by atoms with Crippen molar-refractivity contribution in [2.45, 2.75) is 44.8 Å². The van der Waals surface area contributed by atoms with Crippen molar-refractivity contribution in [1.29, 1.82) is 0 Å². The molecule has 0 aliphatic heterocycles. The van der Waals surface area contributed by atoms with Gasteiger partial charge in [0.05, 0.1) is 0 Å². The molecule has 1 N–H and O–H groups in total. The Bertz CT molecular complexity index is 709. The molecule has 0 heterocycles. The first-order chi connectivity index (χ1) is 11.1. The van der Waals surface area contributed by atoms with Crippen LogP contribution in [0.25, 0.3) is 10.8 Å². The number of carbonyl (C=O) groups is 1. The molecular weight excluding hydrogens is 286 g/mol. The predicted octanol–water partition coefficient (Wildman–Crippen LogP) is 4.68. The monoisotopic (exact) mass is 309 g/mol. The highest BCUT2D eigenvalue weighted by atomic mass is 16.5. The minimum atomic E-state index is -0.268. The number of fused-ring (bicyclic) bond motifs is 1. The Morgan fingerprint density at radius 1 is 1.09 bits per heavy atom. The van der Waals surface area contributed by atoms with Crippen LogP contribution in [0.2, 0.25) is 0 Å². The predicted molar refractivity (Wildman–Crippen MR) is 94.5 cm³/mol. The van der Waals surface area contributed by atoms with Crippen LogP contribution in [-0.2, 0) is 9.53 Å². The molecule has 0 radical (unpaired) electrons. The molecule has 1 aliphatic carbocycles. The lowest BCUT2D eigenvalue weighted by Gasteiger charge is -2.30. The van der Waals surface area contributed by atoms with Gasteiger partial charge in [0, 0.05) is 22.7 Å². The van der Waals surface area contributed by atoms with Gasteiger partial charge in [-0.15, -0.1) is 0 Å². The molecule has 3 heteroatoms. The molecule has 0 amide bonds. The zero-order valence-electron chi connectivity index (χ0n) is 13.5. The van der Waals surface area contributed by atoms with E-state index in [2.05, 4.69) is 54.4 Å². The number of anilines is 1. The summed E-state index contributed by atoms with van der Waals surface area (Å²) in [5.74, 6) is -0.268. The Hall–Kier alpha value is -2.29. The minimum absolute atomic E-state index is 0.0322. The van der Waals surface area contributed by atoms with Crippen LogP contribution in [0.1, 0.15) is 32.6 Å². The quantitative estimate of drug-likeness (QED) is 0.658. The Balaban J connectivity index is 1.60. The zero-order chi connectivity index (χ0) is 16.2. The molecule has 2 aromatic rings. The molecule has 3 rings (SSSR count). The van der Waals surface area contributed by atoms with Crippen LogP contribution in [-0.4, -0.2) is 18.1 Å². The van der Waals surface area contributed by atoms with E-state index in [1.165, 1.54) is 16.5 Å². The lowest BCUT2D eigenvalue weighted by Crippen LogP contribution is -2.31. The van der Waals surface area contributed by atoms with Crippen LogP contribution in [0.15, 0.2) is 54.6 Å². The molecule has 0 atom stereocenters. The molecule has 1 aliphatic rings. The third kappa shape index (κ3) is 3.73. The maximum absolute atomic E-state index is 11.6. The molecule has 0 unspecified atom stereocenters. The van der Waals surface area contributed by atoms with Gasteiger partial charge in [0.25, 0.3) is 0 Å². The Labute approximate surface area is 137 Å². The first kappa shape index (κ1) is 15.6. The molecule has 0 aromatic heterocycles. The van der Waals surface area contributed by atoms with E-state index >= 15 is 0 Å². The van der Waals surface area contributed by atoms with E-state index in [9.17, 15) is 4.79 Å². The second-order valence-electron chi connectivity index (χ2n) is 6.33. The van der Waals surface area contributed by atoms with Crippen molar-refractivity contribution in [1.82, 2.24) is 0 Å². The Morgan fingerprint density at radius 2 is 1.78 bits per heavy atom. The van der Waals surface area contributed by atoms with Crippen molar-refractivity contribution in [2.24, 2.45) is 0 Å². The summed E-state index contributed by atoms with van der Waals surface area (Å²) in [5.41, 5.74) is 1.66. The molecule has 0 bridgehead atoms. The molecule has 120 valence electrons. The van der Waals surface area contributed by atoms with Crippen molar-refractivity contribution in [3.05, 3.63) is 54.6 Å². The van der Waals surface area contributed by atoms with Crippen molar-refractivity contribution in [2.75, 3.05) is 5.32 Å². The summed E-state index contributed by atoms with van der Waals surface area (Å²) in [7, 11) is 0. The van der Waals surface area contributed by atoms with Crippen LogP contribution in [0.4, 0.5) is 5.69 Å². The number of rotatable bonds is 4. The molecule has 0 spiro atoms. The number of carbonyl (C=O) groups excluding carboxylic acids is 1. The number of ether oxygens (including phenoxy) is 1. The molecule has 1 fully saturated rings. The van der Waals surface area contributed by atoms with Gasteiger partial charge in [-0.3, -0.25) is 0 Å². The average molecular weight is 309 g/mol. The Morgan fingerprint density at radius 3 is 2.52 bits per heavy atom. The largest absolute Gasteiger partial charge is 0.459 e. The summed E-state index contributed by atoms with van der Waals surface area (Å²) in [5, 5.41) is 6.17. The van der Waals surface area contributed by atoms with E-state index in [1.54, 1.807) is 6.92 Å². The molecular formula is C20H23NO2. The van der Waals surface area contributed by atoms with Crippen LogP contribution in [0.3, 0.4) is 0 Å². The second-order valence-corrected chi connectivity index (χ2v) is 6.33. The van der Waals surface area contributed by atoms with E-state index in [0.29, 0.717) is 11.6 Å². The fraction of sp³-hybridized carbons (Fsp3) is 0.350. The summed E-state index contributed by atoms with van der Waals surface area (Å²) in [6.45, 7) is 5.32. The van der Waals surface area contributed by atoms with Gasteiger partial charge >= 0.3 is 5.97 Å². The van der Waals surface area contributed by atoms with E-state index in [4.69, 9.17) is 4.74 Å². The number of hydrogen-bond donors (Lipinski definition) is 1. The summed E-state index contributed by atoms with van der Waals surface area (Å²) in [6, 6.07) is 15.2. The lowest BCUT2D eigenvalue weighted by molar-refractivity contribution is -0.145. The highest BCUT2D eigenvalue weighted by Gasteiger charge is 2.24. The maximum Gasteiger partial charge on any atom is 0.333 e. The molecule has 2 aromatic carbocycles. The van der Waals surface area contributed by atoms with Gasteiger partial charge in [-0.1, -0.05) is 43.0 Å². The highest BCUT2D eigenvalue weighted by Crippen LogP contribution is 2.28. The van der Waals surface area contributed by atoms with Crippen molar-refractivity contribution < 1.29 is 9.53 Å². The zero-order valence-corrected chi connectivity index (χ0v) is 13.5. The number of benzene rings is 2. The van der Waals surface area contributed by atoms with Gasteiger partial charge in [-0.25, -0.2) is 4.79 Å². The fourth-order valence-corrected chi connectivity index (χ4v) is 3.15. The smallest absolute Gasteiger partial charge is 0.333 e. The first-order valence-corrected chi connectivity index (χ1v) is 8.24. The Kier molecular flexibility index (Phi) is 4.65. The molecule has 3 nitrogen and oxygen atoms in total. The number of hydrogen-bond acceptors (Lipinski definition) is 3. The lowest BCUT2D eigenvalue weighted by atomic mass is 9.92. The van der Waals surface area contributed by atoms with Gasteiger partial charge in [0.15, 0.2) is 0 Å². The van der Waals surface area contributed by atoms with E-state index < -0.39 is 0 Å². The van der Waals surface area contributed by atoms with E-state index in [-0.39, 0.29) is 12.1 Å². The number of nitrogens with one attached hydrogen (secondary N) is 1. The van der Waals surface area contributed by atoms with Crippen LogP contribution in [0.5, 0.6) is 0 Å². The summed E-state index contributed by atoms with van der Waals surface area (Å²) in [4.78, 5) is 11.6. The van der Waals surface area contributed by atoms with E-state index in [0.717, 1.165) is 25.7 Å². The van der Waals surface area contributed by atoms with Crippen LogP contribution in [0, 0.1) is 0 Å². The van der Waals surface area contributed by atoms with Gasteiger partial charge in [-0.05, 0) is 44.1 Å². The second kappa shape index (κ2) is 6.86. The van der Waals surface area contributed by atoms with Crippen LogP contribution < -0.4 is 5.32 Å². The highest BCUT2D eigenvalue weighted by molar-refractivity contribution is 5.93. The summed E-state index contributed by atoms with van der Waals surface area (Å²) in [6.07, 6.45) is 3.86. The minimum Gasteiger partial charge on any atom is -0.459 e. The van der Waals surface area contributed by atoms with Crippen molar-refractivity contribution in [3.8, 4) is 0 Å². The van der Waals surface area contributed by atoms with Gasteiger partial charge in [-0.2, -0.15) is 0 Å². The standard InChI is InChI=1S/C20H23NO2/c1-14(2)20(22)23-17-12-10-16(11-13-17)21-19-9-5-7-15-6-3-4-8-18(15)19/h3-9,16-17,21H,1,10-13H2,2H3. The topological polar surface area (TPSA) is 38.3 Å². The van der Waals surface area contributed by atoms with Crippen LogP contribution >= 0.6 is 0 Å². The number of esters is 1. The molecule has 0 saturated heterocycles. The van der Waals surface area contributed by atoms with Gasteiger partial charge in [0.1, 0.15) is 6.10 Å². The normalized spacial score (nSPS) is 20.9. The van der Waals surface area contributed by atoms with E-state index in [1.807, 2.05) is 0 Å².